The van der Waals surface area contributed by atoms with E-state index in [1.54, 1.807) is 0 Å². The monoisotopic (exact) mass is 175 g/mol. The van der Waals surface area contributed by atoms with Crippen molar-refractivity contribution >= 4 is 0 Å². The van der Waals surface area contributed by atoms with Crippen molar-refractivity contribution in [2.75, 3.05) is 0 Å². The summed E-state index contributed by atoms with van der Waals surface area (Å²) in [5, 5.41) is 0. The SMILES string of the molecule is [CH2]C(C)(CCC)c1cccc(C)c1. The quantitative estimate of drug-likeness (QED) is 0.654. The van der Waals surface area contributed by atoms with Crippen molar-refractivity contribution in [3.05, 3.63) is 42.3 Å². The van der Waals surface area contributed by atoms with E-state index < -0.39 is 0 Å². The molecule has 1 unspecified atom stereocenters. The van der Waals surface area contributed by atoms with Crippen LogP contribution in [-0.2, 0) is 5.41 Å². The molecule has 0 aliphatic heterocycles. The van der Waals surface area contributed by atoms with Gasteiger partial charge in [-0.15, -0.1) is 0 Å². The highest BCUT2D eigenvalue weighted by molar-refractivity contribution is 5.29. The van der Waals surface area contributed by atoms with Crippen LogP contribution in [0.25, 0.3) is 0 Å². The summed E-state index contributed by atoms with van der Waals surface area (Å²) in [5.41, 5.74) is 2.76. The molecule has 0 heteroatoms. The van der Waals surface area contributed by atoms with Crippen LogP contribution in [0.15, 0.2) is 24.3 Å². The molecule has 13 heavy (non-hydrogen) atoms. The van der Waals surface area contributed by atoms with E-state index in [0.29, 0.717) is 0 Å². The van der Waals surface area contributed by atoms with Crippen molar-refractivity contribution in [1.82, 2.24) is 0 Å². The lowest BCUT2D eigenvalue weighted by Gasteiger charge is -2.24. The van der Waals surface area contributed by atoms with Gasteiger partial charge in [-0.1, -0.05) is 50.1 Å². The molecule has 0 amide bonds. The minimum Gasteiger partial charge on any atom is -0.0654 e. The number of aryl methyl sites for hydroxylation is 1. The molecule has 0 aromatic heterocycles. The number of benzene rings is 1. The molecule has 71 valence electrons. The van der Waals surface area contributed by atoms with Gasteiger partial charge in [-0.3, -0.25) is 0 Å². The molecule has 0 heterocycles. The Kier molecular flexibility index (Phi) is 3.13. The van der Waals surface area contributed by atoms with Crippen LogP contribution < -0.4 is 0 Å². The minimum absolute atomic E-state index is 0.0841. The molecule has 0 nitrogen and oxygen atoms in total. The average Bonchev–Trinajstić information content (AvgIpc) is 2.04. The second kappa shape index (κ2) is 3.95. The fourth-order valence-corrected chi connectivity index (χ4v) is 1.72. The van der Waals surface area contributed by atoms with Gasteiger partial charge in [0.2, 0.25) is 0 Å². The summed E-state index contributed by atoms with van der Waals surface area (Å²) >= 11 is 0. The molecule has 0 aliphatic carbocycles. The Morgan fingerprint density at radius 3 is 2.62 bits per heavy atom. The molecule has 1 aromatic carbocycles. The first-order valence-electron chi connectivity index (χ1n) is 4.99. The van der Waals surface area contributed by atoms with Crippen LogP contribution in [0.1, 0.15) is 37.8 Å². The molecular weight excluding hydrogens is 156 g/mol. The summed E-state index contributed by atoms with van der Waals surface area (Å²) in [7, 11) is 0. The van der Waals surface area contributed by atoms with Gasteiger partial charge in [-0.05, 0) is 31.2 Å². The van der Waals surface area contributed by atoms with E-state index in [2.05, 4.69) is 52.0 Å². The summed E-state index contributed by atoms with van der Waals surface area (Å²) in [6.07, 6.45) is 2.34. The molecule has 0 saturated heterocycles. The fourth-order valence-electron chi connectivity index (χ4n) is 1.72. The second-order valence-corrected chi connectivity index (χ2v) is 4.18. The molecule has 0 aliphatic rings. The van der Waals surface area contributed by atoms with E-state index in [-0.39, 0.29) is 5.41 Å². The normalized spacial score (nSPS) is 11.7. The van der Waals surface area contributed by atoms with E-state index in [1.165, 1.54) is 17.5 Å². The lowest BCUT2D eigenvalue weighted by molar-refractivity contribution is 0.526. The van der Waals surface area contributed by atoms with Gasteiger partial charge in [0.25, 0.3) is 0 Å². The van der Waals surface area contributed by atoms with Crippen LogP contribution in [-0.4, -0.2) is 0 Å². The molecule has 0 spiro atoms. The number of rotatable bonds is 3. The lowest BCUT2D eigenvalue weighted by atomic mass is 9.80. The predicted molar refractivity (Wildman–Crippen MR) is 58.8 cm³/mol. The zero-order valence-corrected chi connectivity index (χ0v) is 8.93. The average molecular weight is 175 g/mol. The first-order chi connectivity index (χ1) is 6.06. The molecule has 0 bridgehead atoms. The minimum atomic E-state index is 0.0841. The zero-order valence-electron chi connectivity index (χ0n) is 8.93. The summed E-state index contributed by atoms with van der Waals surface area (Å²) in [6.45, 7) is 10.8. The van der Waals surface area contributed by atoms with Crippen LogP contribution in [0.3, 0.4) is 0 Å². The van der Waals surface area contributed by atoms with Gasteiger partial charge in [-0.2, -0.15) is 0 Å². The molecular formula is C13H19. The van der Waals surface area contributed by atoms with E-state index in [1.807, 2.05) is 0 Å². The Bertz CT molecular complexity index is 271. The van der Waals surface area contributed by atoms with Crippen LogP contribution in [0, 0.1) is 13.8 Å². The Morgan fingerprint density at radius 2 is 2.08 bits per heavy atom. The summed E-state index contributed by atoms with van der Waals surface area (Å²) in [6, 6.07) is 8.66. The maximum Gasteiger partial charge on any atom is -0.00749 e. The molecule has 1 rings (SSSR count). The third-order valence-corrected chi connectivity index (χ3v) is 2.52. The van der Waals surface area contributed by atoms with E-state index in [4.69, 9.17) is 0 Å². The van der Waals surface area contributed by atoms with E-state index >= 15 is 0 Å². The van der Waals surface area contributed by atoms with Crippen LogP contribution in [0.5, 0.6) is 0 Å². The van der Waals surface area contributed by atoms with Gasteiger partial charge < -0.3 is 0 Å². The Hall–Kier alpha value is -0.780. The van der Waals surface area contributed by atoms with Crippen molar-refractivity contribution in [3.8, 4) is 0 Å². The molecule has 0 saturated carbocycles. The topological polar surface area (TPSA) is 0 Å². The van der Waals surface area contributed by atoms with Gasteiger partial charge in [0, 0.05) is 0 Å². The summed E-state index contributed by atoms with van der Waals surface area (Å²) in [5.74, 6) is 0. The van der Waals surface area contributed by atoms with Crippen LogP contribution in [0.4, 0.5) is 0 Å². The fraction of sp³-hybridized carbons (Fsp3) is 0.462. The first-order valence-corrected chi connectivity index (χ1v) is 4.99. The van der Waals surface area contributed by atoms with Crippen molar-refractivity contribution in [3.63, 3.8) is 0 Å². The predicted octanol–water partition coefficient (Wildman–Crippen LogP) is 3.89. The smallest absolute Gasteiger partial charge is 0.00749 e. The van der Waals surface area contributed by atoms with Gasteiger partial charge >= 0.3 is 0 Å². The van der Waals surface area contributed by atoms with Gasteiger partial charge in [0.05, 0.1) is 0 Å². The first kappa shape index (κ1) is 10.3. The van der Waals surface area contributed by atoms with Crippen molar-refractivity contribution in [1.29, 1.82) is 0 Å². The highest BCUT2D eigenvalue weighted by atomic mass is 14.2. The van der Waals surface area contributed by atoms with Crippen molar-refractivity contribution in [2.45, 2.75) is 39.0 Å². The van der Waals surface area contributed by atoms with E-state index in [9.17, 15) is 0 Å². The summed E-state index contributed by atoms with van der Waals surface area (Å²) < 4.78 is 0. The lowest BCUT2D eigenvalue weighted by Crippen LogP contribution is -2.16. The van der Waals surface area contributed by atoms with Crippen molar-refractivity contribution < 1.29 is 0 Å². The second-order valence-electron chi connectivity index (χ2n) is 4.18. The van der Waals surface area contributed by atoms with Gasteiger partial charge in [0.1, 0.15) is 0 Å². The number of hydrogen-bond donors (Lipinski definition) is 0. The molecule has 0 N–H and O–H groups in total. The standard InChI is InChI=1S/C13H19/c1-5-9-13(3,4)12-8-6-7-11(2)10-12/h6-8,10H,3,5,9H2,1-2,4H3. The largest absolute Gasteiger partial charge is 0.0654 e. The molecule has 0 fully saturated rings. The highest BCUT2D eigenvalue weighted by Gasteiger charge is 2.18. The molecule has 1 atom stereocenters. The van der Waals surface area contributed by atoms with Gasteiger partial charge in [0.15, 0.2) is 0 Å². The maximum atomic E-state index is 4.27. The summed E-state index contributed by atoms with van der Waals surface area (Å²) in [4.78, 5) is 0. The number of hydrogen-bond acceptors (Lipinski definition) is 0. The Morgan fingerprint density at radius 1 is 1.38 bits per heavy atom. The van der Waals surface area contributed by atoms with E-state index in [0.717, 1.165) is 6.42 Å². The maximum absolute atomic E-state index is 4.27. The molecule has 1 radical (unpaired) electrons. The Balaban J connectivity index is 2.93. The third-order valence-electron chi connectivity index (χ3n) is 2.52. The zero-order chi connectivity index (χ0) is 9.90. The van der Waals surface area contributed by atoms with Gasteiger partial charge in [-0.25, -0.2) is 0 Å². The van der Waals surface area contributed by atoms with Crippen molar-refractivity contribution in [2.24, 2.45) is 0 Å². The molecule has 1 aromatic rings. The van der Waals surface area contributed by atoms with Crippen LogP contribution in [0.2, 0.25) is 0 Å². The third kappa shape index (κ3) is 2.58. The Labute approximate surface area is 82.0 Å². The van der Waals surface area contributed by atoms with Crippen LogP contribution >= 0.6 is 0 Å². The highest BCUT2D eigenvalue weighted by Crippen LogP contribution is 2.28.